The molecule has 0 unspecified atom stereocenters. The molecule has 0 aliphatic heterocycles. The summed E-state index contributed by atoms with van der Waals surface area (Å²) < 4.78 is 1.75. The average Bonchev–Trinajstić information content (AvgIpc) is 2.85. The molecule has 1 aromatic carbocycles. The van der Waals surface area contributed by atoms with Gasteiger partial charge in [-0.05, 0) is 28.5 Å². The molecule has 0 amide bonds. The molecule has 1 aromatic heterocycles. The Kier molecular flexibility index (Phi) is 3.93. The molecule has 0 aliphatic carbocycles. The van der Waals surface area contributed by atoms with Crippen molar-refractivity contribution in [3.8, 4) is 5.69 Å². The van der Waals surface area contributed by atoms with Gasteiger partial charge >= 0.3 is 0 Å². The van der Waals surface area contributed by atoms with Crippen LogP contribution in [0.1, 0.15) is 6.92 Å². The fraction of sp³-hybridized carbons (Fsp3) is 0.250. The minimum Gasteiger partial charge on any atom is -0.188 e. The number of tetrazole rings is 1. The van der Waals surface area contributed by atoms with Crippen LogP contribution in [0.5, 0.6) is 0 Å². The Morgan fingerprint density at radius 1 is 1.41 bits per heavy atom. The molecule has 2 rings (SSSR count). The zero-order valence-corrected chi connectivity index (χ0v) is 10.5. The molecule has 2 aromatic rings. The second-order valence-corrected chi connectivity index (χ2v) is 4.72. The van der Waals surface area contributed by atoms with E-state index >= 15 is 0 Å². The van der Waals surface area contributed by atoms with Gasteiger partial charge in [-0.1, -0.05) is 43.0 Å². The van der Waals surface area contributed by atoms with Crippen molar-refractivity contribution in [2.75, 3.05) is 5.75 Å². The van der Waals surface area contributed by atoms with Crippen LogP contribution in [0, 0.1) is 5.92 Å². The van der Waals surface area contributed by atoms with Gasteiger partial charge in [0.15, 0.2) is 0 Å². The number of allylic oxidation sites excluding steroid dienone is 1. The number of para-hydroxylation sites is 1. The lowest BCUT2D eigenvalue weighted by Crippen LogP contribution is -2.00. The van der Waals surface area contributed by atoms with Crippen LogP contribution in [-0.4, -0.2) is 26.0 Å². The molecule has 0 radical (unpaired) electrons. The van der Waals surface area contributed by atoms with Gasteiger partial charge in [0.2, 0.25) is 5.16 Å². The van der Waals surface area contributed by atoms with Crippen LogP contribution in [0.4, 0.5) is 0 Å². The summed E-state index contributed by atoms with van der Waals surface area (Å²) in [6.07, 6.45) is 1.93. The van der Waals surface area contributed by atoms with Gasteiger partial charge in [0, 0.05) is 5.75 Å². The average molecular weight is 246 g/mol. The van der Waals surface area contributed by atoms with E-state index < -0.39 is 0 Å². The zero-order valence-electron chi connectivity index (χ0n) is 9.65. The molecule has 0 aliphatic rings. The van der Waals surface area contributed by atoms with Gasteiger partial charge in [-0.15, -0.1) is 11.7 Å². The van der Waals surface area contributed by atoms with E-state index in [1.807, 2.05) is 36.4 Å². The maximum atomic E-state index is 4.03. The maximum Gasteiger partial charge on any atom is 0.214 e. The van der Waals surface area contributed by atoms with Gasteiger partial charge in [0.1, 0.15) is 0 Å². The van der Waals surface area contributed by atoms with Crippen molar-refractivity contribution < 1.29 is 0 Å². The number of hydrogen-bond acceptors (Lipinski definition) is 4. The van der Waals surface area contributed by atoms with Crippen molar-refractivity contribution in [1.29, 1.82) is 0 Å². The summed E-state index contributed by atoms with van der Waals surface area (Å²) in [7, 11) is 0. The SMILES string of the molecule is C=C[C@H](C)CSc1nnnn1-c1ccccc1. The summed E-state index contributed by atoms with van der Waals surface area (Å²) in [5, 5.41) is 12.6. The summed E-state index contributed by atoms with van der Waals surface area (Å²) in [5.74, 6) is 1.37. The van der Waals surface area contributed by atoms with Crippen molar-refractivity contribution in [2.45, 2.75) is 12.1 Å². The lowest BCUT2D eigenvalue weighted by molar-refractivity contribution is 0.754. The van der Waals surface area contributed by atoms with Crippen molar-refractivity contribution in [2.24, 2.45) is 5.92 Å². The standard InChI is InChI=1S/C12H14N4S/c1-3-10(2)9-17-12-13-14-15-16(12)11-7-5-4-6-8-11/h3-8,10H,1,9H2,2H3/t10-/m0/s1. The van der Waals surface area contributed by atoms with E-state index in [0.717, 1.165) is 16.6 Å². The number of benzene rings is 1. The quantitative estimate of drug-likeness (QED) is 0.601. The van der Waals surface area contributed by atoms with Crippen LogP contribution in [0.15, 0.2) is 48.1 Å². The Hall–Kier alpha value is -1.62. The van der Waals surface area contributed by atoms with E-state index in [9.17, 15) is 0 Å². The Morgan fingerprint density at radius 3 is 2.88 bits per heavy atom. The first-order valence-corrected chi connectivity index (χ1v) is 6.39. The van der Waals surface area contributed by atoms with E-state index in [2.05, 4.69) is 29.0 Å². The molecule has 4 nitrogen and oxygen atoms in total. The number of thioether (sulfide) groups is 1. The highest BCUT2D eigenvalue weighted by molar-refractivity contribution is 7.99. The molecule has 0 saturated heterocycles. The van der Waals surface area contributed by atoms with Crippen LogP contribution < -0.4 is 0 Å². The highest BCUT2D eigenvalue weighted by Gasteiger charge is 2.09. The molecule has 0 saturated carbocycles. The normalized spacial score (nSPS) is 12.3. The van der Waals surface area contributed by atoms with Crippen molar-refractivity contribution in [3.05, 3.63) is 43.0 Å². The summed E-state index contributed by atoms with van der Waals surface area (Å²) in [6.45, 7) is 5.89. The molecule has 5 heteroatoms. The smallest absolute Gasteiger partial charge is 0.188 e. The Morgan fingerprint density at radius 2 is 2.18 bits per heavy atom. The minimum atomic E-state index is 0.445. The van der Waals surface area contributed by atoms with Crippen LogP contribution in [0.3, 0.4) is 0 Å². The van der Waals surface area contributed by atoms with E-state index in [0.29, 0.717) is 5.92 Å². The van der Waals surface area contributed by atoms with E-state index in [4.69, 9.17) is 0 Å². The number of rotatable bonds is 5. The third-order valence-electron chi connectivity index (χ3n) is 2.32. The Balaban J connectivity index is 2.15. The molecule has 88 valence electrons. The lowest BCUT2D eigenvalue weighted by Gasteiger charge is -2.05. The van der Waals surface area contributed by atoms with Gasteiger partial charge in [-0.3, -0.25) is 0 Å². The van der Waals surface area contributed by atoms with E-state index in [1.54, 1.807) is 16.4 Å². The summed E-state index contributed by atoms with van der Waals surface area (Å²) in [4.78, 5) is 0. The molecule has 1 atom stereocenters. The van der Waals surface area contributed by atoms with Crippen molar-refractivity contribution in [3.63, 3.8) is 0 Å². The summed E-state index contributed by atoms with van der Waals surface area (Å²) in [5.41, 5.74) is 0.978. The topological polar surface area (TPSA) is 43.6 Å². The van der Waals surface area contributed by atoms with Gasteiger partial charge in [-0.25, -0.2) is 0 Å². The van der Waals surface area contributed by atoms with Crippen LogP contribution in [0.25, 0.3) is 5.69 Å². The molecular weight excluding hydrogens is 232 g/mol. The van der Waals surface area contributed by atoms with Gasteiger partial charge in [0.25, 0.3) is 0 Å². The van der Waals surface area contributed by atoms with Crippen molar-refractivity contribution >= 4 is 11.8 Å². The zero-order chi connectivity index (χ0) is 12.1. The largest absolute Gasteiger partial charge is 0.214 e. The first-order chi connectivity index (χ1) is 8.31. The van der Waals surface area contributed by atoms with Crippen LogP contribution in [-0.2, 0) is 0 Å². The van der Waals surface area contributed by atoms with Crippen molar-refractivity contribution in [1.82, 2.24) is 20.2 Å². The van der Waals surface area contributed by atoms with Crippen LogP contribution >= 0.6 is 11.8 Å². The molecule has 1 heterocycles. The summed E-state index contributed by atoms with van der Waals surface area (Å²) >= 11 is 1.64. The molecule has 0 spiro atoms. The lowest BCUT2D eigenvalue weighted by atomic mass is 10.2. The molecule has 0 N–H and O–H groups in total. The maximum absolute atomic E-state index is 4.03. The summed E-state index contributed by atoms with van der Waals surface area (Å²) in [6, 6.07) is 9.88. The Labute approximate surface area is 105 Å². The molecule has 17 heavy (non-hydrogen) atoms. The van der Waals surface area contributed by atoms with Crippen LogP contribution in [0.2, 0.25) is 0 Å². The second-order valence-electron chi connectivity index (χ2n) is 3.73. The highest BCUT2D eigenvalue weighted by atomic mass is 32.2. The molecular formula is C12H14N4S. The first-order valence-electron chi connectivity index (χ1n) is 5.40. The van der Waals surface area contributed by atoms with E-state index in [1.165, 1.54) is 0 Å². The molecule has 0 fully saturated rings. The Bertz CT molecular complexity index is 480. The third kappa shape index (κ3) is 2.94. The van der Waals surface area contributed by atoms with Gasteiger partial charge in [0.05, 0.1) is 5.69 Å². The number of aromatic nitrogens is 4. The monoisotopic (exact) mass is 246 g/mol. The first kappa shape index (κ1) is 11.9. The van der Waals surface area contributed by atoms with Gasteiger partial charge in [-0.2, -0.15) is 4.68 Å². The predicted octanol–water partition coefficient (Wildman–Crippen LogP) is 2.58. The fourth-order valence-electron chi connectivity index (χ4n) is 1.27. The minimum absolute atomic E-state index is 0.445. The van der Waals surface area contributed by atoms with Gasteiger partial charge < -0.3 is 0 Å². The second kappa shape index (κ2) is 5.63. The fourth-order valence-corrected chi connectivity index (χ4v) is 2.18. The third-order valence-corrected chi connectivity index (χ3v) is 3.52. The number of nitrogens with zero attached hydrogens (tertiary/aromatic N) is 4. The molecule has 0 bridgehead atoms. The highest BCUT2D eigenvalue weighted by Crippen LogP contribution is 2.20. The van der Waals surface area contributed by atoms with E-state index in [-0.39, 0.29) is 0 Å². The number of hydrogen-bond donors (Lipinski definition) is 0. The predicted molar refractivity (Wildman–Crippen MR) is 69.2 cm³/mol.